The number of nitrogens with one attached hydrogen (secondary N) is 1. The van der Waals surface area contributed by atoms with Crippen molar-refractivity contribution in [2.24, 2.45) is 0 Å². The predicted molar refractivity (Wildman–Crippen MR) is 99.9 cm³/mol. The van der Waals surface area contributed by atoms with E-state index in [4.69, 9.17) is 5.73 Å². The molecule has 0 aliphatic carbocycles. The van der Waals surface area contributed by atoms with Crippen LogP contribution >= 0.6 is 11.3 Å². The first-order chi connectivity index (χ1) is 11.2. The van der Waals surface area contributed by atoms with E-state index >= 15 is 0 Å². The molecule has 0 radical (unpaired) electrons. The van der Waals surface area contributed by atoms with E-state index in [1.807, 2.05) is 18.2 Å². The minimum atomic E-state index is -2.23. The van der Waals surface area contributed by atoms with Crippen LogP contribution in [0.15, 0.2) is 0 Å². The van der Waals surface area contributed by atoms with Gasteiger partial charge in [0, 0.05) is 40.5 Å². The Hall–Kier alpha value is -1.71. The van der Waals surface area contributed by atoms with Crippen molar-refractivity contribution < 1.29 is 9.00 Å². The lowest BCUT2D eigenvalue weighted by Crippen LogP contribution is -2.38. The maximum absolute atomic E-state index is 12.6. The Morgan fingerprint density at radius 1 is 1.46 bits per heavy atom. The van der Waals surface area contributed by atoms with Gasteiger partial charge in [-0.15, -0.1) is 16.4 Å². The third-order valence-electron chi connectivity index (χ3n) is 4.37. The molecule has 1 aliphatic rings. The van der Waals surface area contributed by atoms with Gasteiger partial charge in [0.05, 0.1) is 11.4 Å². The summed E-state index contributed by atoms with van der Waals surface area (Å²) < 4.78 is 13.8. The molecule has 3 heterocycles. The quantitative estimate of drug-likeness (QED) is 0.787. The number of anilines is 1. The highest BCUT2D eigenvalue weighted by Crippen LogP contribution is 2.34. The van der Waals surface area contributed by atoms with Gasteiger partial charge in [-0.2, -0.15) is 5.10 Å². The van der Waals surface area contributed by atoms with Crippen LogP contribution in [-0.4, -0.2) is 55.9 Å². The van der Waals surface area contributed by atoms with Gasteiger partial charge in [-0.25, -0.2) is 4.31 Å². The minimum Gasteiger partial charge on any atom is -0.397 e. The van der Waals surface area contributed by atoms with Crippen molar-refractivity contribution in [1.82, 2.24) is 19.8 Å². The third kappa shape index (κ3) is 2.99. The van der Waals surface area contributed by atoms with Crippen LogP contribution < -0.4 is 11.1 Å². The van der Waals surface area contributed by atoms with Gasteiger partial charge >= 0.3 is 0 Å². The van der Waals surface area contributed by atoms with Crippen LogP contribution in [0.25, 0.3) is 10.2 Å². The zero-order valence-corrected chi connectivity index (χ0v) is 15.6. The van der Waals surface area contributed by atoms with E-state index in [1.165, 1.54) is 11.3 Å². The number of nitrogens with two attached hydrogens (primary N) is 1. The van der Waals surface area contributed by atoms with Crippen molar-refractivity contribution in [3.63, 3.8) is 0 Å². The number of rotatable bonds is 3. The van der Waals surface area contributed by atoms with E-state index in [-0.39, 0.29) is 11.9 Å². The molecule has 0 bridgehead atoms. The molecular weight excluding hydrogens is 346 g/mol. The monoisotopic (exact) mass is 367 g/mol. The molecule has 2 aromatic rings. The zero-order valence-electron chi connectivity index (χ0n) is 14.0. The number of nitrogen functional groups attached to an aromatic ring is 1. The zero-order chi connectivity index (χ0) is 17.6. The van der Waals surface area contributed by atoms with Crippen LogP contribution in [-0.2, 0) is 9.71 Å². The smallest absolute Gasteiger partial charge is 0.263 e. The molecule has 3 rings (SSSR count). The number of hydrogen-bond acceptors (Lipinski definition) is 6. The van der Waals surface area contributed by atoms with Gasteiger partial charge in [0.2, 0.25) is 0 Å². The van der Waals surface area contributed by atoms with Crippen molar-refractivity contribution in [2.75, 3.05) is 25.1 Å². The van der Waals surface area contributed by atoms with Gasteiger partial charge in [-0.05, 0) is 31.7 Å². The molecule has 130 valence electrons. The second-order valence-corrected chi connectivity index (χ2v) is 9.68. The number of nitrogens with zero attached hydrogens (tertiary/aromatic N) is 3. The van der Waals surface area contributed by atoms with Crippen LogP contribution in [0.4, 0.5) is 5.69 Å². The number of fused-ring (bicyclic) bond motifs is 1. The molecule has 0 saturated carbocycles. The summed E-state index contributed by atoms with van der Waals surface area (Å²) in [5.41, 5.74) is 8.40. The number of aromatic nitrogens is 2. The average Bonchev–Trinajstić information content (AvgIpc) is 3.08. The highest BCUT2D eigenvalue weighted by molar-refractivity contribution is 7.97. The second kappa shape index (κ2) is 5.98. The Labute approximate surface area is 145 Å². The van der Waals surface area contributed by atoms with E-state index in [0.29, 0.717) is 28.5 Å². The molecular formula is C15H21N5O2S2. The molecule has 24 heavy (non-hydrogen) atoms. The topological polar surface area (TPSA) is 101 Å². The first-order valence-electron chi connectivity index (χ1n) is 7.58. The van der Waals surface area contributed by atoms with Gasteiger partial charge in [0.25, 0.3) is 5.91 Å². The fraction of sp³-hybridized carbons (Fsp3) is 0.467. The molecule has 1 fully saturated rings. The van der Waals surface area contributed by atoms with Crippen LogP contribution in [0.5, 0.6) is 0 Å². The normalized spacial score (nSPS) is 21.0. The summed E-state index contributed by atoms with van der Waals surface area (Å²) in [5.74, 6) is 3.48. The summed E-state index contributed by atoms with van der Waals surface area (Å²) in [6.07, 6.45) is 2.36. The van der Waals surface area contributed by atoms with Crippen LogP contribution in [0.2, 0.25) is 0 Å². The van der Waals surface area contributed by atoms with Crippen LogP contribution in [0.3, 0.4) is 0 Å². The number of aryl methyl sites for hydroxylation is 2. The number of amides is 1. The standard InChI is InChI=1S/C15H21N5O2S2/c1-8-9(2)18-19-15-11(8)12(16)13(23-15)14(21)17-10-5-6-20(7-10)24(3,4)22/h10H,3,5-7,16H2,1-2,4H3,(H,17,21)/t10-,24?/m0/s1. The molecule has 1 amide bonds. The van der Waals surface area contributed by atoms with Crippen LogP contribution in [0, 0.1) is 13.8 Å². The molecule has 0 spiro atoms. The summed E-state index contributed by atoms with van der Waals surface area (Å²) >= 11 is 1.25. The predicted octanol–water partition coefficient (Wildman–Crippen LogP) is 0.956. The second-order valence-electron chi connectivity index (χ2n) is 6.24. The van der Waals surface area contributed by atoms with Crippen molar-refractivity contribution in [3.8, 4) is 0 Å². The molecule has 0 aromatic carbocycles. The van der Waals surface area contributed by atoms with E-state index in [9.17, 15) is 9.00 Å². The number of hydrogen-bond donors (Lipinski definition) is 2. The summed E-state index contributed by atoms with van der Waals surface area (Å²) in [5, 5.41) is 12.0. The van der Waals surface area contributed by atoms with Gasteiger partial charge in [0.15, 0.2) is 0 Å². The number of carbonyl (C=O) groups is 1. The largest absolute Gasteiger partial charge is 0.397 e. The first-order valence-corrected chi connectivity index (χ1v) is 10.5. The summed E-state index contributed by atoms with van der Waals surface area (Å²) in [7, 11) is -2.23. The molecule has 2 aromatic heterocycles. The van der Waals surface area contributed by atoms with Gasteiger partial charge in [-0.3, -0.25) is 9.00 Å². The maximum Gasteiger partial charge on any atom is 0.263 e. The molecule has 2 atom stereocenters. The Morgan fingerprint density at radius 3 is 2.79 bits per heavy atom. The first kappa shape index (κ1) is 17.1. The van der Waals surface area contributed by atoms with Crippen molar-refractivity contribution in [3.05, 3.63) is 16.1 Å². The minimum absolute atomic E-state index is 0.0569. The summed E-state index contributed by atoms with van der Waals surface area (Å²) in [6.45, 7) is 4.99. The molecule has 3 N–H and O–H groups in total. The third-order valence-corrected chi connectivity index (χ3v) is 6.89. The van der Waals surface area contributed by atoms with Crippen LogP contribution in [0.1, 0.15) is 27.3 Å². The number of carbonyl (C=O) groups excluding carboxylic acids is 1. The van der Waals surface area contributed by atoms with Gasteiger partial charge in [-0.1, -0.05) is 0 Å². The SMILES string of the molecule is C=S(C)(=O)N1CC[C@H](NC(=O)c2sc3nnc(C)c(C)c3c2N)C1. The maximum atomic E-state index is 12.6. The van der Waals surface area contributed by atoms with E-state index in [0.717, 1.165) is 23.1 Å². The highest BCUT2D eigenvalue weighted by Gasteiger charge is 2.28. The molecule has 1 unspecified atom stereocenters. The highest BCUT2D eigenvalue weighted by atomic mass is 32.2. The Kier molecular flexibility index (Phi) is 4.27. The average molecular weight is 368 g/mol. The van der Waals surface area contributed by atoms with Crippen molar-refractivity contribution >= 4 is 48.7 Å². The van der Waals surface area contributed by atoms with Crippen molar-refractivity contribution in [1.29, 1.82) is 0 Å². The Balaban J connectivity index is 1.83. The van der Waals surface area contributed by atoms with E-state index in [1.54, 1.807) is 6.26 Å². The Bertz CT molecular complexity index is 920. The van der Waals surface area contributed by atoms with E-state index in [2.05, 4.69) is 21.4 Å². The number of thiophene rings is 1. The van der Waals surface area contributed by atoms with E-state index < -0.39 is 9.71 Å². The molecule has 7 nitrogen and oxygen atoms in total. The fourth-order valence-corrected chi connectivity index (χ4v) is 4.85. The lowest BCUT2D eigenvalue weighted by molar-refractivity contribution is 0.0944. The Morgan fingerprint density at radius 2 is 2.17 bits per heavy atom. The summed E-state index contributed by atoms with van der Waals surface area (Å²) in [6, 6.07) is -0.0569. The lowest BCUT2D eigenvalue weighted by atomic mass is 10.1. The van der Waals surface area contributed by atoms with Gasteiger partial charge in [0.1, 0.15) is 9.71 Å². The summed E-state index contributed by atoms with van der Waals surface area (Å²) in [4.78, 5) is 13.7. The fourth-order valence-electron chi connectivity index (χ4n) is 2.86. The van der Waals surface area contributed by atoms with Gasteiger partial charge < -0.3 is 11.1 Å². The molecule has 1 aliphatic heterocycles. The lowest BCUT2D eigenvalue weighted by Gasteiger charge is -2.17. The van der Waals surface area contributed by atoms with Crippen molar-refractivity contribution in [2.45, 2.75) is 26.3 Å². The molecule has 1 saturated heterocycles. The molecule has 9 heteroatoms.